The van der Waals surface area contributed by atoms with Gasteiger partial charge in [0, 0.05) is 32.1 Å². The van der Waals surface area contributed by atoms with Gasteiger partial charge in [0.2, 0.25) is 0 Å². The first-order chi connectivity index (χ1) is 16.2. The van der Waals surface area contributed by atoms with Gasteiger partial charge in [0.15, 0.2) is 0 Å². The summed E-state index contributed by atoms with van der Waals surface area (Å²) in [7, 11) is 0. The molecule has 3 heterocycles. The van der Waals surface area contributed by atoms with Crippen molar-refractivity contribution in [3.05, 3.63) is 53.3 Å². The molecule has 34 heavy (non-hydrogen) atoms. The number of halogens is 3. The SMILES string of the molecule is CC(C(=O)O)C(c1ccc2c(c1)OC1(CC2)CCN(c2cncc(C(F)(F)F)c2)CC1)C1CC1. The van der Waals surface area contributed by atoms with Crippen LogP contribution in [0.4, 0.5) is 18.9 Å². The zero-order chi connectivity index (χ0) is 24.1. The number of aliphatic carboxylic acids is 1. The Bertz CT molecular complexity index is 1080. The number of aromatic nitrogens is 1. The zero-order valence-corrected chi connectivity index (χ0v) is 19.1. The summed E-state index contributed by atoms with van der Waals surface area (Å²) >= 11 is 0. The zero-order valence-electron chi connectivity index (χ0n) is 19.1. The Morgan fingerprint density at radius 2 is 1.91 bits per heavy atom. The molecular weight excluding hydrogens is 445 g/mol. The molecule has 0 amide bonds. The van der Waals surface area contributed by atoms with Crippen molar-refractivity contribution in [3.63, 3.8) is 0 Å². The minimum Gasteiger partial charge on any atom is -0.487 e. The summed E-state index contributed by atoms with van der Waals surface area (Å²) < 4.78 is 45.8. The molecule has 1 saturated heterocycles. The number of ether oxygens (including phenoxy) is 1. The third-order valence-corrected chi connectivity index (χ3v) is 7.80. The molecule has 1 N–H and O–H groups in total. The number of hydrogen-bond acceptors (Lipinski definition) is 4. The molecule has 1 aliphatic carbocycles. The monoisotopic (exact) mass is 474 g/mol. The topological polar surface area (TPSA) is 62.7 Å². The van der Waals surface area contributed by atoms with E-state index in [9.17, 15) is 23.1 Å². The maximum Gasteiger partial charge on any atom is 0.417 e. The minimum absolute atomic E-state index is 0.0143. The Labute approximate surface area is 196 Å². The average molecular weight is 475 g/mol. The lowest BCUT2D eigenvalue weighted by molar-refractivity contribution is -0.142. The van der Waals surface area contributed by atoms with Gasteiger partial charge < -0.3 is 14.7 Å². The fourth-order valence-electron chi connectivity index (χ4n) is 5.59. The summed E-state index contributed by atoms with van der Waals surface area (Å²) in [6.07, 6.45) is 3.22. The quantitative estimate of drug-likeness (QED) is 0.604. The van der Waals surface area contributed by atoms with Crippen molar-refractivity contribution in [1.82, 2.24) is 4.98 Å². The van der Waals surface area contributed by atoms with Crippen LogP contribution in [-0.4, -0.2) is 34.8 Å². The summed E-state index contributed by atoms with van der Waals surface area (Å²) in [4.78, 5) is 17.4. The van der Waals surface area contributed by atoms with Crippen LogP contribution in [0.3, 0.4) is 0 Å². The van der Waals surface area contributed by atoms with Gasteiger partial charge in [-0.25, -0.2) is 0 Å². The number of aryl methyl sites for hydroxylation is 1. The Morgan fingerprint density at radius 3 is 2.56 bits per heavy atom. The maximum atomic E-state index is 13.1. The lowest BCUT2D eigenvalue weighted by atomic mass is 9.80. The number of hydrogen-bond donors (Lipinski definition) is 1. The minimum atomic E-state index is -4.41. The predicted octanol–water partition coefficient (Wildman–Crippen LogP) is 5.68. The van der Waals surface area contributed by atoms with Gasteiger partial charge >= 0.3 is 12.1 Å². The van der Waals surface area contributed by atoms with Crippen LogP contribution in [0.2, 0.25) is 0 Å². The van der Waals surface area contributed by atoms with Crippen molar-refractivity contribution >= 4 is 11.7 Å². The van der Waals surface area contributed by atoms with E-state index in [0.717, 1.165) is 54.8 Å². The lowest BCUT2D eigenvalue weighted by Crippen LogP contribution is -2.50. The second kappa shape index (κ2) is 8.47. The standard InChI is InChI=1S/C26H29F3N2O3/c1-16(24(32)33)23(18-3-4-18)19-5-2-17-6-7-25(34-22(17)12-19)8-10-31(11-9-25)21-13-20(14-30-15-21)26(27,28)29/h2,5,12-16,18,23H,3-4,6-11H2,1H3,(H,32,33). The highest BCUT2D eigenvalue weighted by atomic mass is 19.4. The molecule has 0 bridgehead atoms. The van der Waals surface area contributed by atoms with Crippen molar-refractivity contribution in [2.45, 2.75) is 63.1 Å². The Balaban J connectivity index is 1.31. The molecule has 2 unspecified atom stereocenters. The van der Waals surface area contributed by atoms with Gasteiger partial charge in [0.05, 0.1) is 23.4 Å². The number of carboxylic acid groups (broad SMARTS) is 1. The van der Waals surface area contributed by atoms with Crippen molar-refractivity contribution in [2.75, 3.05) is 18.0 Å². The Hall–Kier alpha value is -2.77. The molecule has 1 aromatic heterocycles. The van der Waals surface area contributed by atoms with E-state index in [0.29, 0.717) is 37.5 Å². The molecule has 1 saturated carbocycles. The number of fused-ring (bicyclic) bond motifs is 1. The van der Waals surface area contributed by atoms with Gasteiger partial charge in [-0.15, -0.1) is 0 Å². The molecule has 2 atom stereocenters. The van der Waals surface area contributed by atoms with Crippen molar-refractivity contribution in [2.24, 2.45) is 11.8 Å². The van der Waals surface area contributed by atoms with E-state index in [1.54, 1.807) is 6.92 Å². The average Bonchev–Trinajstić information content (AvgIpc) is 3.64. The van der Waals surface area contributed by atoms with Crippen LogP contribution in [-0.2, 0) is 17.4 Å². The molecular formula is C26H29F3N2O3. The Kier molecular flexibility index (Phi) is 5.73. The number of piperidine rings is 1. The number of pyridine rings is 1. The lowest BCUT2D eigenvalue weighted by Gasteiger charge is -2.45. The number of nitrogens with zero attached hydrogens (tertiary/aromatic N) is 2. The summed E-state index contributed by atoms with van der Waals surface area (Å²) in [6, 6.07) is 7.34. The van der Waals surface area contributed by atoms with E-state index >= 15 is 0 Å². The molecule has 5 nitrogen and oxygen atoms in total. The molecule has 5 rings (SSSR count). The van der Waals surface area contributed by atoms with Crippen LogP contribution in [0.5, 0.6) is 5.75 Å². The fraction of sp³-hybridized carbons (Fsp3) is 0.538. The molecule has 8 heteroatoms. The number of alkyl halides is 3. The van der Waals surface area contributed by atoms with Gasteiger partial charge in [0.1, 0.15) is 11.4 Å². The van der Waals surface area contributed by atoms with Crippen molar-refractivity contribution < 1.29 is 27.8 Å². The third kappa shape index (κ3) is 4.46. The Morgan fingerprint density at radius 1 is 1.18 bits per heavy atom. The van der Waals surface area contributed by atoms with E-state index in [1.807, 2.05) is 11.0 Å². The van der Waals surface area contributed by atoms with Gasteiger partial charge in [-0.3, -0.25) is 9.78 Å². The maximum absolute atomic E-state index is 13.1. The number of carbonyl (C=O) groups is 1. The van der Waals surface area contributed by atoms with E-state index in [4.69, 9.17) is 4.74 Å². The highest BCUT2D eigenvalue weighted by Crippen LogP contribution is 2.49. The highest BCUT2D eigenvalue weighted by Gasteiger charge is 2.42. The second-order valence-electron chi connectivity index (χ2n) is 10.1. The summed E-state index contributed by atoms with van der Waals surface area (Å²) in [5, 5.41) is 9.61. The van der Waals surface area contributed by atoms with Crippen LogP contribution < -0.4 is 9.64 Å². The van der Waals surface area contributed by atoms with Crippen molar-refractivity contribution in [1.29, 1.82) is 0 Å². The van der Waals surface area contributed by atoms with E-state index in [-0.39, 0.29) is 11.5 Å². The van der Waals surface area contributed by atoms with Crippen LogP contribution in [0.1, 0.15) is 61.6 Å². The largest absolute Gasteiger partial charge is 0.487 e. The van der Waals surface area contributed by atoms with Gasteiger partial charge in [-0.2, -0.15) is 13.2 Å². The molecule has 182 valence electrons. The number of rotatable bonds is 5. The third-order valence-electron chi connectivity index (χ3n) is 7.80. The first-order valence-corrected chi connectivity index (χ1v) is 12.0. The predicted molar refractivity (Wildman–Crippen MR) is 121 cm³/mol. The molecule has 2 fully saturated rings. The molecule has 1 spiro atoms. The van der Waals surface area contributed by atoms with Gasteiger partial charge in [0.25, 0.3) is 0 Å². The normalized spacial score (nSPS) is 21.5. The van der Waals surface area contributed by atoms with E-state index in [1.165, 1.54) is 6.20 Å². The molecule has 2 aromatic rings. The molecule has 2 aliphatic heterocycles. The number of carboxylic acids is 1. The van der Waals surface area contributed by atoms with Crippen LogP contribution >= 0.6 is 0 Å². The van der Waals surface area contributed by atoms with E-state index in [2.05, 4.69) is 17.1 Å². The van der Waals surface area contributed by atoms with Crippen LogP contribution in [0.25, 0.3) is 0 Å². The molecule has 3 aliphatic rings. The highest BCUT2D eigenvalue weighted by molar-refractivity contribution is 5.71. The summed E-state index contributed by atoms with van der Waals surface area (Å²) in [5.41, 5.74) is 1.57. The summed E-state index contributed by atoms with van der Waals surface area (Å²) in [6.45, 7) is 2.98. The number of benzene rings is 1. The molecule has 0 radical (unpaired) electrons. The number of anilines is 1. The van der Waals surface area contributed by atoms with Gasteiger partial charge in [-0.1, -0.05) is 19.1 Å². The van der Waals surface area contributed by atoms with E-state index < -0.39 is 23.6 Å². The summed E-state index contributed by atoms with van der Waals surface area (Å²) in [5.74, 6) is 0.00240. The van der Waals surface area contributed by atoms with Gasteiger partial charge in [-0.05, 0) is 60.8 Å². The first-order valence-electron chi connectivity index (χ1n) is 12.0. The molecule has 1 aromatic carbocycles. The van der Waals surface area contributed by atoms with Crippen LogP contribution in [0.15, 0.2) is 36.7 Å². The first kappa shape index (κ1) is 23.0. The van der Waals surface area contributed by atoms with Crippen molar-refractivity contribution in [3.8, 4) is 5.75 Å². The van der Waals surface area contributed by atoms with Crippen LogP contribution in [0, 0.1) is 11.8 Å². The smallest absolute Gasteiger partial charge is 0.417 e. The second-order valence-corrected chi connectivity index (χ2v) is 10.1. The fourth-order valence-corrected chi connectivity index (χ4v) is 5.59.